The van der Waals surface area contributed by atoms with Crippen LogP contribution < -0.4 is 4.90 Å². The Bertz CT molecular complexity index is 1130. The highest BCUT2D eigenvalue weighted by Crippen LogP contribution is 2.47. The van der Waals surface area contributed by atoms with Gasteiger partial charge in [0, 0.05) is 42.0 Å². The average Bonchev–Trinajstić information content (AvgIpc) is 3.40. The van der Waals surface area contributed by atoms with Crippen LogP contribution in [0.15, 0.2) is 28.6 Å². The van der Waals surface area contributed by atoms with Crippen LogP contribution >= 0.6 is 22.9 Å². The summed E-state index contributed by atoms with van der Waals surface area (Å²) in [6.07, 6.45) is 2.70. The van der Waals surface area contributed by atoms with Crippen LogP contribution in [-0.4, -0.2) is 63.3 Å². The van der Waals surface area contributed by atoms with Crippen LogP contribution in [0.2, 0.25) is 5.02 Å². The van der Waals surface area contributed by atoms with Crippen molar-refractivity contribution >= 4 is 50.5 Å². The van der Waals surface area contributed by atoms with E-state index in [4.69, 9.17) is 16.3 Å². The number of amides is 2. The molecule has 2 aliphatic rings. The third-order valence-corrected chi connectivity index (χ3v) is 8.59. The molecule has 0 radical (unpaired) electrons. The molecule has 2 aliphatic heterocycles. The average molecular weight is 470 g/mol. The van der Waals surface area contributed by atoms with Crippen molar-refractivity contribution in [2.45, 2.75) is 22.5 Å². The molecule has 30 heavy (non-hydrogen) atoms. The molecule has 1 saturated heterocycles. The van der Waals surface area contributed by atoms with Gasteiger partial charge in [-0.05, 0) is 30.2 Å². The van der Waals surface area contributed by atoms with E-state index in [2.05, 4.69) is 4.98 Å². The molecule has 0 bridgehead atoms. The van der Waals surface area contributed by atoms with E-state index in [0.717, 1.165) is 28.8 Å². The maximum absolute atomic E-state index is 13.1. The molecule has 1 fully saturated rings. The van der Waals surface area contributed by atoms with Crippen LogP contribution in [0.1, 0.15) is 17.0 Å². The van der Waals surface area contributed by atoms with Gasteiger partial charge in [0.15, 0.2) is 9.84 Å². The molecule has 1 spiro atoms. The Morgan fingerprint density at radius 2 is 2.10 bits per heavy atom. The van der Waals surface area contributed by atoms with Crippen LogP contribution in [0.4, 0.5) is 10.5 Å². The first-order chi connectivity index (χ1) is 14.1. The molecule has 11 heteroatoms. The van der Waals surface area contributed by atoms with Crippen molar-refractivity contribution in [1.29, 1.82) is 0 Å². The lowest BCUT2D eigenvalue weighted by Gasteiger charge is -2.25. The number of likely N-dealkylation sites (tertiary alicyclic amines) is 1. The van der Waals surface area contributed by atoms with E-state index in [1.54, 1.807) is 15.9 Å². The number of carbonyl (C=O) groups is 2. The van der Waals surface area contributed by atoms with E-state index in [9.17, 15) is 18.0 Å². The molecule has 3 heterocycles. The quantitative estimate of drug-likeness (QED) is 0.685. The lowest BCUT2D eigenvalue weighted by atomic mass is 9.81. The van der Waals surface area contributed by atoms with Crippen molar-refractivity contribution in [3.63, 3.8) is 0 Å². The first-order valence-corrected chi connectivity index (χ1v) is 12.3. The molecular formula is C19H20ClN3O5S2. The van der Waals surface area contributed by atoms with Crippen LogP contribution in [0.3, 0.4) is 0 Å². The summed E-state index contributed by atoms with van der Waals surface area (Å²) in [5, 5.41) is 1.01. The van der Waals surface area contributed by atoms with Gasteiger partial charge in [0.25, 0.3) is 0 Å². The minimum absolute atomic E-state index is 0.000943. The number of hydrogen-bond donors (Lipinski definition) is 0. The van der Waals surface area contributed by atoms with Gasteiger partial charge in [-0.25, -0.2) is 18.2 Å². The van der Waals surface area contributed by atoms with Gasteiger partial charge in [0.05, 0.1) is 19.7 Å². The SMILES string of the molecule is COC(=O)N1CCC2(C1)CN(C(=O)Cc1ncc(S(C)(=O)=O)s1)c1ccc(Cl)cc12. The summed E-state index contributed by atoms with van der Waals surface area (Å²) in [7, 11) is -2.01. The molecule has 2 aromatic rings. The maximum Gasteiger partial charge on any atom is 0.409 e. The molecule has 1 aromatic carbocycles. The Balaban J connectivity index is 1.62. The number of benzene rings is 1. The third kappa shape index (κ3) is 3.67. The van der Waals surface area contributed by atoms with Crippen molar-refractivity contribution in [3.8, 4) is 0 Å². The summed E-state index contributed by atoms with van der Waals surface area (Å²) < 4.78 is 28.4. The number of halogens is 1. The van der Waals surface area contributed by atoms with E-state index in [0.29, 0.717) is 36.1 Å². The zero-order chi connectivity index (χ0) is 21.7. The smallest absolute Gasteiger partial charge is 0.409 e. The normalized spacial score (nSPS) is 20.6. The van der Waals surface area contributed by atoms with Crippen molar-refractivity contribution in [1.82, 2.24) is 9.88 Å². The van der Waals surface area contributed by atoms with E-state index in [1.165, 1.54) is 13.3 Å². The predicted molar refractivity (Wildman–Crippen MR) is 113 cm³/mol. The number of anilines is 1. The minimum Gasteiger partial charge on any atom is -0.453 e. The first kappa shape index (κ1) is 21.1. The monoisotopic (exact) mass is 469 g/mol. The highest BCUT2D eigenvalue weighted by atomic mass is 35.5. The van der Waals surface area contributed by atoms with E-state index in [-0.39, 0.29) is 16.5 Å². The van der Waals surface area contributed by atoms with Crippen LogP contribution in [0.5, 0.6) is 0 Å². The molecule has 0 N–H and O–H groups in total. The summed E-state index contributed by atoms with van der Waals surface area (Å²) in [5.74, 6) is -0.179. The molecular weight excluding hydrogens is 450 g/mol. The molecule has 4 rings (SSSR count). The van der Waals surface area contributed by atoms with Gasteiger partial charge < -0.3 is 14.5 Å². The Morgan fingerprint density at radius 3 is 2.77 bits per heavy atom. The number of ether oxygens (including phenoxy) is 1. The van der Waals surface area contributed by atoms with Crippen molar-refractivity contribution < 1.29 is 22.7 Å². The summed E-state index contributed by atoms with van der Waals surface area (Å²) in [5.41, 5.74) is 1.28. The number of fused-ring (bicyclic) bond motifs is 2. The molecule has 0 aliphatic carbocycles. The standard InChI is InChI=1S/C19H20ClN3O5S2/c1-28-18(25)22-6-5-19(10-22)11-23(14-4-3-12(20)7-13(14)19)16(24)8-15-21-9-17(29-15)30(2,26)27/h3-4,7,9H,5-6,8,10-11H2,1-2H3. The molecule has 1 atom stereocenters. The maximum atomic E-state index is 13.1. The van der Waals surface area contributed by atoms with Gasteiger partial charge in [-0.2, -0.15) is 0 Å². The second-order valence-electron chi connectivity index (χ2n) is 7.59. The topological polar surface area (TPSA) is 96.9 Å². The van der Waals surface area contributed by atoms with E-state index in [1.807, 2.05) is 12.1 Å². The fourth-order valence-corrected chi connectivity index (χ4v) is 6.09. The van der Waals surface area contributed by atoms with Gasteiger partial charge in [0.2, 0.25) is 5.91 Å². The van der Waals surface area contributed by atoms with Gasteiger partial charge in [-0.1, -0.05) is 11.6 Å². The number of sulfone groups is 1. The second kappa shape index (κ2) is 7.51. The molecule has 8 nitrogen and oxygen atoms in total. The number of thiazole rings is 1. The number of aromatic nitrogens is 1. The Hall–Kier alpha value is -2.17. The third-order valence-electron chi connectivity index (χ3n) is 5.57. The van der Waals surface area contributed by atoms with Crippen molar-refractivity contribution in [3.05, 3.63) is 40.0 Å². The highest BCUT2D eigenvalue weighted by Gasteiger charge is 2.50. The fraction of sp³-hybridized carbons (Fsp3) is 0.421. The largest absolute Gasteiger partial charge is 0.453 e. The van der Waals surface area contributed by atoms with Gasteiger partial charge in [0.1, 0.15) is 9.22 Å². The first-order valence-electron chi connectivity index (χ1n) is 9.21. The second-order valence-corrected chi connectivity index (χ2v) is 11.4. The zero-order valence-corrected chi connectivity index (χ0v) is 18.8. The molecule has 160 valence electrons. The number of nitrogens with zero attached hydrogens (tertiary/aromatic N) is 3. The van der Waals surface area contributed by atoms with Crippen molar-refractivity contribution in [2.24, 2.45) is 0 Å². The summed E-state index contributed by atoms with van der Waals surface area (Å²) in [6, 6.07) is 5.41. The number of hydrogen-bond acceptors (Lipinski definition) is 7. The molecule has 2 amide bonds. The van der Waals surface area contributed by atoms with E-state index < -0.39 is 21.3 Å². The van der Waals surface area contributed by atoms with Gasteiger partial charge in [-0.15, -0.1) is 11.3 Å². The highest BCUT2D eigenvalue weighted by molar-refractivity contribution is 7.92. The lowest BCUT2D eigenvalue weighted by molar-refractivity contribution is -0.118. The van der Waals surface area contributed by atoms with Crippen LogP contribution in [-0.2, 0) is 31.2 Å². The Kier molecular flexibility index (Phi) is 5.27. The summed E-state index contributed by atoms with van der Waals surface area (Å²) in [6.45, 7) is 1.39. The molecule has 0 saturated carbocycles. The van der Waals surface area contributed by atoms with Crippen LogP contribution in [0, 0.1) is 0 Å². The Morgan fingerprint density at radius 1 is 1.33 bits per heavy atom. The zero-order valence-electron chi connectivity index (χ0n) is 16.4. The predicted octanol–water partition coefficient (Wildman–Crippen LogP) is 2.50. The van der Waals surface area contributed by atoms with E-state index >= 15 is 0 Å². The summed E-state index contributed by atoms with van der Waals surface area (Å²) in [4.78, 5) is 32.6. The number of rotatable bonds is 3. The number of carbonyl (C=O) groups excluding carboxylic acids is 2. The minimum atomic E-state index is -3.36. The van der Waals surface area contributed by atoms with Gasteiger partial charge >= 0.3 is 6.09 Å². The Labute approximate surface area is 183 Å². The molecule has 1 aromatic heterocycles. The molecule has 1 unspecified atom stereocenters. The van der Waals surface area contributed by atoms with Crippen LogP contribution in [0.25, 0.3) is 0 Å². The van der Waals surface area contributed by atoms with Crippen molar-refractivity contribution in [2.75, 3.05) is 37.9 Å². The fourth-order valence-electron chi connectivity index (χ4n) is 4.14. The summed E-state index contributed by atoms with van der Waals surface area (Å²) >= 11 is 7.24. The lowest BCUT2D eigenvalue weighted by Crippen LogP contribution is -2.40. The van der Waals surface area contributed by atoms with Gasteiger partial charge in [-0.3, -0.25) is 4.79 Å². The number of methoxy groups -OCH3 is 1.